The van der Waals surface area contributed by atoms with E-state index in [1.807, 2.05) is 42.6 Å². The molecule has 4 nitrogen and oxygen atoms in total. The second kappa shape index (κ2) is 7.21. The van der Waals surface area contributed by atoms with Crippen LogP contribution in [0.2, 0.25) is 0 Å². The maximum absolute atomic E-state index is 11.3. The van der Waals surface area contributed by atoms with Gasteiger partial charge in [-0.15, -0.1) is 0 Å². The molecule has 1 aromatic heterocycles. The fourth-order valence-corrected chi connectivity index (χ4v) is 3.15. The number of carboxylic acids is 1. The highest BCUT2D eigenvalue weighted by Crippen LogP contribution is 2.33. The number of benzene rings is 2. The van der Waals surface area contributed by atoms with Crippen molar-refractivity contribution in [3.8, 4) is 5.75 Å². The number of nitrogens with one attached hydrogen (secondary N) is 1. The van der Waals surface area contributed by atoms with Crippen molar-refractivity contribution in [3.63, 3.8) is 0 Å². The number of hydrogen-bond donors (Lipinski definition) is 2. The Morgan fingerprint density at radius 2 is 2.00 bits per heavy atom. The molecule has 24 heavy (non-hydrogen) atoms. The third-order valence-corrected chi connectivity index (χ3v) is 4.41. The van der Waals surface area contributed by atoms with Crippen LogP contribution in [-0.2, 0) is 11.2 Å². The highest BCUT2D eigenvalue weighted by molar-refractivity contribution is 5.85. The minimum Gasteiger partial charge on any atom is -0.497 e. The van der Waals surface area contributed by atoms with Gasteiger partial charge in [0.05, 0.1) is 13.5 Å². The number of methoxy groups -OCH3 is 1. The lowest BCUT2D eigenvalue weighted by Crippen LogP contribution is -2.07. The topological polar surface area (TPSA) is 62.3 Å². The molecule has 124 valence electrons. The number of hydrogen-bond acceptors (Lipinski definition) is 2. The number of H-pyrrole nitrogens is 1. The monoisotopic (exact) mass is 323 g/mol. The van der Waals surface area contributed by atoms with Gasteiger partial charge in [0.1, 0.15) is 5.75 Å². The van der Waals surface area contributed by atoms with Crippen LogP contribution in [0.15, 0.2) is 54.7 Å². The number of aromatic amines is 1. The Morgan fingerprint density at radius 1 is 1.21 bits per heavy atom. The Bertz CT molecular complexity index is 823. The number of aryl methyl sites for hydroxylation is 1. The van der Waals surface area contributed by atoms with E-state index >= 15 is 0 Å². The van der Waals surface area contributed by atoms with Gasteiger partial charge in [-0.1, -0.05) is 30.3 Å². The molecule has 0 amide bonds. The molecular formula is C20H21NO3. The van der Waals surface area contributed by atoms with Gasteiger partial charge < -0.3 is 14.8 Å². The summed E-state index contributed by atoms with van der Waals surface area (Å²) >= 11 is 0. The Balaban J connectivity index is 1.89. The molecule has 0 radical (unpaired) electrons. The zero-order chi connectivity index (χ0) is 16.9. The van der Waals surface area contributed by atoms with Crippen molar-refractivity contribution in [2.24, 2.45) is 0 Å². The van der Waals surface area contributed by atoms with Crippen molar-refractivity contribution in [1.82, 2.24) is 4.98 Å². The quantitative estimate of drug-likeness (QED) is 0.679. The van der Waals surface area contributed by atoms with E-state index in [1.165, 1.54) is 5.56 Å². The van der Waals surface area contributed by atoms with Gasteiger partial charge in [0.2, 0.25) is 0 Å². The third kappa shape index (κ3) is 3.59. The molecule has 2 aromatic carbocycles. The van der Waals surface area contributed by atoms with E-state index in [0.29, 0.717) is 0 Å². The summed E-state index contributed by atoms with van der Waals surface area (Å²) in [6.45, 7) is 0. The summed E-state index contributed by atoms with van der Waals surface area (Å²) in [5, 5.41) is 10.4. The first-order valence-corrected chi connectivity index (χ1v) is 8.08. The number of aliphatic carboxylic acids is 1. The van der Waals surface area contributed by atoms with Gasteiger partial charge in [0.15, 0.2) is 0 Å². The minimum absolute atomic E-state index is 0.0384. The summed E-state index contributed by atoms with van der Waals surface area (Å²) in [7, 11) is 1.64. The van der Waals surface area contributed by atoms with Crippen LogP contribution >= 0.6 is 0 Å². The summed E-state index contributed by atoms with van der Waals surface area (Å²) < 4.78 is 5.31. The van der Waals surface area contributed by atoms with Crippen LogP contribution in [0.4, 0.5) is 0 Å². The first-order chi connectivity index (χ1) is 11.7. The van der Waals surface area contributed by atoms with Crippen LogP contribution in [0.1, 0.15) is 29.9 Å². The molecule has 1 atom stereocenters. The van der Waals surface area contributed by atoms with Gasteiger partial charge in [0.25, 0.3) is 0 Å². The molecular weight excluding hydrogens is 302 g/mol. The Kier molecular flexibility index (Phi) is 4.85. The maximum Gasteiger partial charge on any atom is 0.303 e. The van der Waals surface area contributed by atoms with Crippen LogP contribution < -0.4 is 4.74 Å². The van der Waals surface area contributed by atoms with Crippen molar-refractivity contribution in [3.05, 3.63) is 65.9 Å². The van der Waals surface area contributed by atoms with Crippen LogP contribution in [0.3, 0.4) is 0 Å². The van der Waals surface area contributed by atoms with Gasteiger partial charge in [-0.3, -0.25) is 4.79 Å². The highest BCUT2D eigenvalue weighted by atomic mass is 16.5. The average Bonchev–Trinajstić information content (AvgIpc) is 3.02. The van der Waals surface area contributed by atoms with E-state index in [2.05, 4.69) is 17.1 Å². The number of fused-ring (bicyclic) bond motifs is 1. The molecule has 0 fully saturated rings. The molecule has 0 aliphatic carbocycles. The number of carbonyl (C=O) groups is 1. The minimum atomic E-state index is -0.773. The van der Waals surface area contributed by atoms with E-state index in [4.69, 9.17) is 4.74 Å². The van der Waals surface area contributed by atoms with E-state index in [9.17, 15) is 9.90 Å². The molecule has 0 saturated carbocycles. The van der Waals surface area contributed by atoms with Crippen LogP contribution in [-0.4, -0.2) is 23.2 Å². The smallest absolute Gasteiger partial charge is 0.303 e. The zero-order valence-electron chi connectivity index (χ0n) is 13.7. The Labute approximate surface area is 141 Å². The van der Waals surface area contributed by atoms with Crippen molar-refractivity contribution < 1.29 is 14.6 Å². The van der Waals surface area contributed by atoms with Gasteiger partial charge >= 0.3 is 5.97 Å². The second-order valence-corrected chi connectivity index (χ2v) is 5.97. The molecule has 3 aromatic rings. The van der Waals surface area contributed by atoms with Crippen LogP contribution in [0.5, 0.6) is 5.75 Å². The molecule has 0 bridgehead atoms. The first-order valence-electron chi connectivity index (χ1n) is 8.08. The zero-order valence-corrected chi connectivity index (χ0v) is 13.7. The predicted octanol–water partition coefficient (Wildman–Crippen LogP) is 4.37. The normalized spacial score (nSPS) is 12.2. The number of carboxylic acid groups (broad SMARTS) is 1. The summed E-state index contributed by atoms with van der Waals surface area (Å²) in [5.74, 6) is -0.0330. The fourth-order valence-electron chi connectivity index (χ4n) is 3.15. The number of ether oxygens (including phenoxy) is 1. The lowest BCUT2D eigenvalue weighted by molar-refractivity contribution is -0.137. The molecule has 2 N–H and O–H groups in total. The lowest BCUT2D eigenvalue weighted by atomic mass is 9.89. The van der Waals surface area contributed by atoms with E-state index < -0.39 is 5.97 Å². The maximum atomic E-state index is 11.3. The molecule has 0 unspecified atom stereocenters. The standard InChI is InChI=1S/C20H21NO3/c1-24-16-9-10-19-17(12-16)18(13-21-19)15(11-20(22)23)8-7-14-5-3-2-4-6-14/h2-6,9-10,12-13,15,21H,7-8,11H2,1H3,(H,22,23)/t15-/m0/s1. The Hall–Kier alpha value is -2.75. The van der Waals surface area contributed by atoms with E-state index in [-0.39, 0.29) is 12.3 Å². The van der Waals surface area contributed by atoms with Crippen LogP contribution in [0.25, 0.3) is 10.9 Å². The van der Waals surface area contributed by atoms with Gasteiger partial charge in [0, 0.05) is 17.1 Å². The molecule has 0 aliphatic rings. The van der Waals surface area contributed by atoms with Gasteiger partial charge in [-0.05, 0) is 48.1 Å². The molecule has 3 rings (SSSR count). The summed E-state index contributed by atoms with van der Waals surface area (Å²) in [4.78, 5) is 14.6. The number of rotatable bonds is 7. The van der Waals surface area contributed by atoms with Gasteiger partial charge in [-0.25, -0.2) is 0 Å². The molecule has 1 heterocycles. The van der Waals surface area contributed by atoms with E-state index in [0.717, 1.165) is 35.1 Å². The van der Waals surface area contributed by atoms with Crippen molar-refractivity contribution in [2.75, 3.05) is 7.11 Å². The average molecular weight is 323 g/mol. The Morgan fingerprint density at radius 3 is 2.71 bits per heavy atom. The van der Waals surface area contributed by atoms with Crippen LogP contribution in [0, 0.1) is 0 Å². The lowest BCUT2D eigenvalue weighted by Gasteiger charge is -2.15. The first kappa shape index (κ1) is 16.1. The van der Waals surface area contributed by atoms with Crippen molar-refractivity contribution >= 4 is 16.9 Å². The second-order valence-electron chi connectivity index (χ2n) is 5.97. The summed E-state index contributed by atoms with van der Waals surface area (Å²) in [6.07, 6.45) is 3.70. The largest absolute Gasteiger partial charge is 0.497 e. The summed E-state index contributed by atoms with van der Waals surface area (Å²) in [6, 6.07) is 16.0. The highest BCUT2D eigenvalue weighted by Gasteiger charge is 2.19. The number of aromatic nitrogens is 1. The fraction of sp³-hybridized carbons (Fsp3) is 0.250. The van der Waals surface area contributed by atoms with Crippen molar-refractivity contribution in [2.45, 2.75) is 25.2 Å². The molecule has 4 heteroatoms. The molecule has 0 saturated heterocycles. The molecule has 0 aliphatic heterocycles. The molecule has 0 spiro atoms. The van der Waals surface area contributed by atoms with Gasteiger partial charge in [-0.2, -0.15) is 0 Å². The SMILES string of the molecule is COc1ccc2[nH]cc([C@@H](CCc3ccccc3)CC(=O)O)c2c1. The van der Waals surface area contributed by atoms with Crippen molar-refractivity contribution in [1.29, 1.82) is 0 Å². The van der Waals surface area contributed by atoms with E-state index in [1.54, 1.807) is 7.11 Å². The summed E-state index contributed by atoms with van der Waals surface area (Å²) in [5.41, 5.74) is 3.27. The predicted molar refractivity (Wildman–Crippen MR) is 94.6 cm³/mol. The third-order valence-electron chi connectivity index (χ3n) is 4.41.